The molecule has 4 rings (SSSR count). The van der Waals surface area contributed by atoms with E-state index in [-0.39, 0.29) is 5.92 Å². The molecule has 0 saturated carbocycles. The van der Waals surface area contributed by atoms with Gasteiger partial charge in [0.05, 0.1) is 0 Å². The highest BCUT2D eigenvalue weighted by molar-refractivity contribution is 5.77. The quantitative estimate of drug-likeness (QED) is 0.827. The van der Waals surface area contributed by atoms with Gasteiger partial charge in [-0.15, -0.1) is 0 Å². The normalized spacial score (nSPS) is 18.3. The molecule has 21 heavy (non-hydrogen) atoms. The Morgan fingerprint density at radius 2 is 1.19 bits per heavy atom. The molecule has 1 nitrogen and oxygen atoms in total. The lowest BCUT2D eigenvalue weighted by atomic mass is 9.74. The fourth-order valence-electron chi connectivity index (χ4n) is 3.37. The first-order chi connectivity index (χ1) is 10.3. The Morgan fingerprint density at radius 1 is 0.714 bits per heavy atom. The molecule has 2 aromatic rings. The molecule has 0 atom stereocenters. The first-order valence-corrected chi connectivity index (χ1v) is 7.24. The van der Waals surface area contributed by atoms with Crippen LogP contribution in [0.5, 0.6) is 0 Å². The van der Waals surface area contributed by atoms with Gasteiger partial charge < -0.3 is 5.11 Å². The summed E-state index contributed by atoms with van der Waals surface area (Å²) in [7, 11) is 0. The van der Waals surface area contributed by atoms with Gasteiger partial charge >= 0.3 is 0 Å². The van der Waals surface area contributed by atoms with Crippen LogP contribution in [0.15, 0.2) is 72.8 Å². The first-order valence-electron chi connectivity index (χ1n) is 7.24. The van der Waals surface area contributed by atoms with E-state index in [0.29, 0.717) is 0 Å². The highest BCUT2D eigenvalue weighted by Crippen LogP contribution is 2.44. The van der Waals surface area contributed by atoms with Gasteiger partial charge in [0.25, 0.3) is 0 Å². The number of benzene rings is 2. The Hall–Kier alpha value is -2.38. The van der Waals surface area contributed by atoms with Crippen LogP contribution < -0.4 is 0 Å². The van der Waals surface area contributed by atoms with E-state index in [9.17, 15) is 5.11 Å². The van der Waals surface area contributed by atoms with Crippen LogP contribution in [-0.2, 0) is 5.60 Å². The molecule has 2 aliphatic carbocycles. The summed E-state index contributed by atoms with van der Waals surface area (Å²) in [6.45, 7) is 0. The average Bonchev–Trinajstić information content (AvgIpc) is 3.04. The van der Waals surface area contributed by atoms with Crippen LogP contribution in [0.1, 0.15) is 22.3 Å². The second-order valence-corrected chi connectivity index (χ2v) is 5.57. The monoisotopic (exact) mass is 272 g/mol. The number of aliphatic hydroxyl groups is 1. The Morgan fingerprint density at radius 3 is 1.71 bits per heavy atom. The van der Waals surface area contributed by atoms with E-state index in [1.165, 1.54) is 0 Å². The van der Waals surface area contributed by atoms with Crippen LogP contribution in [0.2, 0.25) is 0 Å². The number of hydrogen-bond donors (Lipinski definition) is 1. The molecule has 0 fully saturated rings. The van der Waals surface area contributed by atoms with Gasteiger partial charge in [-0.1, -0.05) is 85.0 Å². The summed E-state index contributed by atoms with van der Waals surface area (Å²) in [5.41, 5.74) is 3.05. The van der Waals surface area contributed by atoms with Crippen molar-refractivity contribution < 1.29 is 5.11 Å². The average molecular weight is 272 g/mol. The fraction of sp³-hybridized carbons (Fsp3) is 0.100. The molecular formula is C20H16O. The molecule has 0 unspecified atom stereocenters. The molecule has 0 saturated heterocycles. The van der Waals surface area contributed by atoms with Crippen LogP contribution in [-0.4, -0.2) is 5.11 Å². The van der Waals surface area contributed by atoms with Crippen LogP contribution in [0.25, 0.3) is 12.2 Å². The maximum Gasteiger partial charge on any atom is 0.125 e. The van der Waals surface area contributed by atoms with Gasteiger partial charge in [-0.25, -0.2) is 0 Å². The Balaban J connectivity index is 2.06. The number of rotatable bonds is 1. The molecule has 2 aliphatic rings. The molecule has 0 spiro atoms. The van der Waals surface area contributed by atoms with E-state index < -0.39 is 5.60 Å². The first kappa shape index (κ1) is 12.4. The van der Waals surface area contributed by atoms with Gasteiger partial charge in [-0.05, 0) is 22.3 Å². The van der Waals surface area contributed by atoms with Crippen molar-refractivity contribution in [1.82, 2.24) is 0 Å². The molecule has 0 amide bonds. The lowest BCUT2D eigenvalue weighted by Gasteiger charge is -2.35. The SMILES string of the molecule is OC1(C2C=CC=C2)c2ccccc2C=Cc2ccccc21. The van der Waals surface area contributed by atoms with Crippen molar-refractivity contribution in [1.29, 1.82) is 0 Å². The molecule has 0 aromatic heterocycles. The van der Waals surface area contributed by atoms with Crippen molar-refractivity contribution in [3.63, 3.8) is 0 Å². The predicted molar refractivity (Wildman–Crippen MR) is 86.6 cm³/mol. The zero-order chi connectivity index (χ0) is 14.3. The second kappa shape index (κ2) is 4.57. The highest BCUT2D eigenvalue weighted by Gasteiger charge is 2.41. The molecule has 102 valence electrons. The van der Waals surface area contributed by atoms with E-state index in [2.05, 4.69) is 36.4 Å². The Bertz CT molecular complexity index is 718. The summed E-state index contributed by atoms with van der Waals surface area (Å²) in [6.07, 6.45) is 12.3. The van der Waals surface area contributed by atoms with Gasteiger partial charge in [0.2, 0.25) is 0 Å². The summed E-state index contributed by atoms with van der Waals surface area (Å²) >= 11 is 0. The van der Waals surface area contributed by atoms with E-state index >= 15 is 0 Å². The van der Waals surface area contributed by atoms with Gasteiger partial charge in [-0.3, -0.25) is 0 Å². The summed E-state index contributed by atoms with van der Waals surface area (Å²) < 4.78 is 0. The predicted octanol–water partition coefficient (Wildman–Crippen LogP) is 4.15. The molecule has 0 heterocycles. The largest absolute Gasteiger partial charge is 0.379 e. The molecule has 0 aliphatic heterocycles. The maximum atomic E-state index is 11.7. The summed E-state index contributed by atoms with van der Waals surface area (Å²) in [5, 5.41) is 11.7. The minimum atomic E-state index is -1.03. The molecule has 0 bridgehead atoms. The zero-order valence-corrected chi connectivity index (χ0v) is 11.6. The van der Waals surface area contributed by atoms with Crippen LogP contribution in [0, 0.1) is 5.92 Å². The molecule has 1 heteroatoms. The highest BCUT2D eigenvalue weighted by atomic mass is 16.3. The van der Waals surface area contributed by atoms with E-state index in [4.69, 9.17) is 0 Å². The smallest absolute Gasteiger partial charge is 0.125 e. The third-order valence-corrected chi connectivity index (χ3v) is 4.42. The Labute approximate surface area is 124 Å². The van der Waals surface area contributed by atoms with Gasteiger partial charge in [0, 0.05) is 5.92 Å². The summed E-state index contributed by atoms with van der Waals surface area (Å²) in [6, 6.07) is 16.2. The van der Waals surface area contributed by atoms with Crippen LogP contribution >= 0.6 is 0 Å². The van der Waals surface area contributed by atoms with Gasteiger partial charge in [0.1, 0.15) is 5.60 Å². The summed E-state index contributed by atoms with van der Waals surface area (Å²) in [4.78, 5) is 0. The zero-order valence-electron chi connectivity index (χ0n) is 11.6. The van der Waals surface area contributed by atoms with Crippen LogP contribution in [0.4, 0.5) is 0 Å². The molecule has 2 aromatic carbocycles. The third-order valence-electron chi connectivity index (χ3n) is 4.42. The second-order valence-electron chi connectivity index (χ2n) is 5.57. The minimum Gasteiger partial charge on any atom is -0.379 e. The third kappa shape index (κ3) is 1.75. The lowest BCUT2D eigenvalue weighted by molar-refractivity contribution is 0.0546. The van der Waals surface area contributed by atoms with Crippen molar-refractivity contribution in [3.8, 4) is 0 Å². The van der Waals surface area contributed by atoms with E-state index in [0.717, 1.165) is 22.3 Å². The van der Waals surface area contributed by atoms with Crippen molar-refractivity contribution in [3.05, 3.63) is 95.1 Å². The fourth-order valence-corrected chi connectivity index (χ4v) is 3.37. The van der Waals surface area contributed by atoms with Gasteiger partial charge in [-0.2, -0.15) is 0 Å². The number of hydrogen-bond acceptors (Lipinski definition) is 1. The standard InChI is InChI=1S/C20H16O/c21-20(17-9-3-4-10-17)18-11-5-1-7-15(18)13-14-16-8-2-6-12-19(16)20/h1-14,17,21H. The van der Waals surface area contributed by atoms with Gasteiger partial charge in [0.15, 0.2) is 0 Å². The molecular weight excluding hydrogens is 256 g/mol. The van der Waals surface area contributed by atoms with Crippen LogP contribution in [0.3, 0.4) is 0 Å². The minimum absolute atomic E-state index is 0.0419. The topological polar surface area (TPSA) is 20.2 Å². The van der Waals surface area contributed by atoms with Crippen molar-refractivity contribution in [2.45, 2.75) is 5.60 Å². The number of fused-ring (bicyclic) bond motifs is 2. The van der Waals surface area contributed by atoms with Crippen molar-refractivity contribution in [2.75, 3.05) is 0 Å². The van der Waals surface area contributed by atoms with E-state index in [1.807, 2.05) is 48.6 Å². The van der Waals surface area contributed by atoms with E-state index in [1.54, 1.807) is 0 Å². The van der Waals surface area contributed by atoms with Crippen molar-refractivity contribution in [2.24, 2.45) is 5.92 Å². The molecule has 0 radical (unpaired) electrons. The summed E-state index contributed by atoms with van der Waals surface area (Å²) in [5.74, 6) is -0.0419. The lowest BCUT2D eigenvalue weighted by Crippen LogP contribution is -2.35. The molecule has 1 N–H and O–H groups in total. The number of allylic oxidation sites excluding steroid dienone is 2. The van der Waals surface area contributed by atoms with Crippen molar-refractivity contribution >= 4 is 12.2 Å². The Kier molecular flexibility index (Phi) is 2.69. The maximum absolute atomic E-state index is 11.7.